The Morgan fingerprint density at radius 1 is 1.12 bits per heavy atom. The van der Waals surface area contributed by atoms with Crippen molar-refractivity contribution >= 4 is 19.3 Å². The van der Waals surface area contributed by atoms with Gasteiger partial charge in [-0.2, -0.15) is 0 Å². The van der Waals surface area contributed by atoms with Gasteiger partial charge < -0.3 is 0 Å². The van der Waals surface area contributed by atoms with Crippen molar-refractivity contribution in [3.8, 4) is 0 Å². The smallest absolute Gasteiger partial charge is 0.0849 e. The fraction of sp³-hybridized carbons (Fsp3) is 0.333. The molecule has 0 saturated heterocycles. The maximum absolute atomic E-state index is 2.46. The minimum absolute atomic E-state index is 1.21. The van der Waals surface area contributed by atoms with E-state index in [1.165, 1.54) is 18.4 Å². The van der Waals surface area contributed by atoms with Crippen molar-refractivity contribution in [2.45, 2.75) is 32.9 Å². The molecule has 1 aliphatic rings. The molecular weight excluding hydrogens is 208 g/mol. The van der Waals surface area contributed by atoms with Crippen LogP contribution < -0.4 is 5.19 Å². The van der Waals surface area contributed by atoms with E-state index in [1.807, 2.05) is 0 Å². The zero-order valence-electron chi connectivity index (χ0n) is 10.5. The number of allylic oxidation sites excluding steroid dienone is 3. The molecule has 0 atom stereocenters. The normalized spacial score (nSPS) is 19.8. The highest BCUT2D eigenvalue weighted by Gasteiger charge is 2.30. The Morgan fingerprint density at radius 3 is 2.62 bits per heavy atom. The predicted molar refractivity (Wildman–Crippen MR) is 75.6 cm³/mol. The second-order valence-corrected chi connectivity index (χ2v) is 9.36. The quantitative estimate of drug-likeness (QED) is 0.674. The van der Waals surface area contributed by atoms with Crippen molar-refractivity contribution in [2.75, 3.05) is 0 Å². The fourth-order valence-electron chi connectivity index (χ4n) is 2.38. The highest BCUT2D eigenvalue weighted by Crippen LogP contribution is 2.24. The Hall–Kier alpha value is -1.08. The van der Waals surface area contributed by atoms with E-state index in [4.69, 9.17) is 0 Å². The molecule has 0 aliphatic carbocycles. The van der Waals surface area contributed by atoms with E-state index < -0.39 is 8.07 Å². The first kappa shape index (κ1) is 11.4. The minimum atomic E-state index is -1.40. The molecular formula is C15H20Si. The molecule has 0 spiro atoms. The zero-order chi connectivity index (χ0) is 11.6. The first-order chi connectivity index (χ1) is 7.66. The lowest BCUT2D eigenvalue weighted by molar-refractivity contribution is 0.956. The van der Waals surface area contributed by atoms with E-state index in [0.29, 0.717) is 0 Å². The molecule has 0 fully saturated rings. The summed E-state index contributed by atoms with van der Waals surface area (Å²) in [5.41, 5.74) is 1.42. The van der Waals surface area contributed by atoms with E-state index in [0.717, 1.165) is 0 Å². The van der Waals surface area contributed by atoms with Gasteiger partial charge in [0.2, 0.25) is 0 Å². The van der Waals surface area contributed by atoms with Crippen LogP contribution in [0, 0.1) is 0 Å². The number of rotatable bonds is 2. The average Bonchev–Trinajstić information content (AvgIpc) is 2.28. The molecule has 1 heteroatoms. The van der Waals surface area contributed by atoms with Gasteiger partial charge in [-0.25, -0.2) is 0 Å². The monoisotopic (exact) mass is 228 g/mol. The summed E-state index contributed by atoms with van der Waals surface area (Å²) in [5, 5.41) is 3.17. The molecule has 1 aromatic rings. The predicted octanol–water partition coefficient (Wildman–Crippen LogP) is 3.89. The maximum atomic E-state index is 2.46. The molecule has 0 radical (unpaired) electrons. The topological polar surface area (TPSA) is 0 Å². The van der Waals surface area contributed by atoms with Crippen molar-refractivity contribution in [1.29, 1.82) is 0 Å². The van der Waals surface area contributed by atoms with Crippen molar-refractivity contribution in [3.05, 3.63) is 47.2 Å². The first-order valence-electron chi connectivity index (χ1n) is 6.14. The van der Waals surface area contributed by atoms with Crippen LogP contribution in [0.25, 0.3) is 6.08 Å². The molecule has 0 nitrogen and oxygen atoms in total. The third kappa shape index (κ3) is 1.92. The molecule has 1 aliphatic heterocycles. The highest BCUT2D eigenvalue weighted by atomic mass is 28.3. The van der Waals surface area contributed by atoms with Crippen LogP contribution in [0.4, 0.5) is 0 Å². The van der Waals surface area contributed by atoms with Crippen molar-refractivity contribution in [2.24, 2.45) is 0 Å². The molecule has 2 rings (SSSR count). The summed E-state index contributed by atoms with van der Waals surface area (Å²) < 4.78 is 0. The molecule has 0 unspecified atom stereocenters. The SMILES string of the molecule is CCC/C=C1/C=Cc2ccccc2[Si]1(C)C. The summed E-state index contributed by atoms with van der Waals surface area (Å²) in [5.74, 6) is 0. The van der Waals surface area contributed by atoms with E-state index in [1.54, 1.807) is 10.4 Å². The molecule has 1 aromatic carbocycles. The Balaban J connectivity index is 2.46. The van der Waals surface area contributed by atoms with Crippen LogP contribution in [0.1, 0.15) is 25.3 Å². The van der Waals surface area contributed by atoms with Crippen LogP contribution in [-0.4, -0.2) is 8.07 Å². The largest absolute Gasteiger partial charge is 0.112 e. The summed E-state index contributed by atoms with van der Waals surface area (Å²) in [6.07, 6.45) is 9.50. The number of benzene rings is 1. The summed E-state index contributed by atoms with van der Waals surface area (Å²) in [6, 6.07) is 8.85. The van der Waals surface area contributed by atoms with Crippen LogP contribution in [-0.2, 0) is 0 Å². The van der Waals surface area contributed by atoms with Gasteiger partial charge in [-0.05, 0) is 17.2 Å². The van der Waals surface area contributed by atoms with Crippen molar-refractivity contribution in [1.82, 2.24) is 0 Å². The van der Waals surface area contributed by atoms with Gasteiger partial charge in [0.05, 0.1) is 0 Å². The molecule has 0 aromatic heterocycles. The van der Waals surface area contributed by atoms with Gasteiger partial charge in [0.25, 0.3) is 0 Å². The lowest BCUT2D eigenvalue weighted by Gasteiger charge is -2.30. The molecule has 0 saturated carbocycles. The van der Waals surface area contributed by atoms with Gasteiger partial charge in [0.1, 0.15) is 8.07 Å². The van der Waals surface area contributed by atoms with Gasteiger partial charge >= 0.3 is 0 Å². The van der Waals surface area contributed by atoms with E-state index >= 15 is 0 Å². The molecule has 0 bridgehead atoms. The Kier molecular flexibility index (Phi) is 3.15. The number of hydrogen-bond donors (Lipinski definition) is 0. The van der Waals surface area contributed by atoms with Gasteiger partial charge in [0.15, 0.2) is 0 Å². The zero-order valence-corrected chi connectivity index (χ0v) is 11.5. The summed E-state index contributed by atoms with van der Waals surface area (Å²) in [6.45, 7) is 7.15. The average molecular weight is 228 g/mol. The summed E-state index contributed by atoms with van der Waals surface area (Å²) in [4.78, 5) is 0. The Morgan fingerprint density at radius 2 is 1.88 bits per heavy atom. The van der Waals surface area contributed by atoms with Crippen LogP contribution in [0.15, 0.2) is 41.6 Å². The van der Waals surface area contributed by atoms with Gasteiger partial charge in [-0.3, -0.25) is 0 Å². The lowest BCUT2D eigenvalue weighted by Crippen LogP contribution is -2.46. The number of fused-ring (bicyclic) bond motifs is 1. The van der Waals surface area contributed by atoms with Crippen LogP contribution in [0.5, 0.6) is 0 Å². The summed E-state index contributed by atoms with van der Waals surface area (Å²) in [7, 11) is -1.40. The highest BCUT2D eigenvalue weighted by molar-refractivity contribution is 6.97. The van der Waals surface area contributed by atoms with Gasteiger partial charge in [-0.1, -0.05) is 74.1 Å². The molecule has 0 N–H and O–H groups in total. The standard InChI is InChI=1S/C15H20Si/c1-4-5-9-14-12-11-13-8-6-7-10-15(13)16(14,2)3/h6-12H,4-5H2,1-3H3/b14-9-. The Bertz CT molecular complexity index is 439. The van der Waals surface area contributed by atoms with E-state index in [9.17, 15) is 0 Å². The molecule has 1 heterocycles. The third-order valence-corrected chi connectivity index (χ3v) is 7.07. The Labute approximate surface area is 99.7 Å². The number of hydrogen-bond acceptors (Lipinski definition) is 0. The maximum Gasteiger partial charge on any atom is 0.112 e. The van der Waals surface area contributed by atoms with E-state index in [-0.39, 0.29) is 0 Å². The second kappa shape index (κ2) is 4.42. The molecule has 0 amide bonds. The van der Waals surface area contributed by atoms with Crippen LogP contribution in [0.2, 0.25) is 13.1 Å². The van der Waals surface area contributed by atoms with Crippen molar-refractivity contribution in [3.63, 3.8) is 0 Å². The summed E-state index contributed by atoms with van der Waals surface area (Å²) >= 11 is 0. The lowest BCUT2D eigenvalue weighted by atomic mass is 10.2. The fourth-order valence-corrected chi connectivity index (χ4v) is 5.24. The van der Waals surface area contributed by atoms with Crippen LogP contribution in [0.3, 0.4) is 0 Å². The molecule has 16 heavy (non-hydrogen) atoms. The number of unbranched alkanes of at least 4 members (excludes halogenated alkanes) is 1. The molecule has 84 valence electrons. The second-order valence-electron chi connectivity index (χ2n) is 4.99. The van der Waals surface area contributed by atoms with Crippen molar-refractivity contribution < 1.29 is 0 Å². The minimum Gasteiger partial charge on any atom is -0.0849 e. The van der Waals surface area contributed by atoms with E-state index in [2.05, 4.69) is 62.5 Å². The third-order valence-electron chi connectivity index (χ3n) is 3.45. The van der Waals surface area contributed by atoms with Gasteiger partial charge in [-0.15, -0.1) is 0 Å². The first-order valence-corrected chi connectivity index (χ1v) is 9.14. The van der Waals surface area contributed by atoms with Crippen LogP contribution >= 0.6 is 0 Å². The van der Waals surface area contributed by atoms with Gasteiger partial charge in [0, 0.05) is 0 Å².